The van der Waals surface area contributed by atoms with E-state index in [1.165, 1.54) is 6.07 Å². The summed E-state index contributed by atoms with van der Waals surface area (Å²) in [6, 6.07) is 4.82. The molecule has 0 saturated heterocycles. The van der Waals surface area contributed by atoms with E-state index in [1.807, 2.05) is 6.07 Å². The highest BCUT2D eigenvalue weighted by Crippen LogP contribution is 2.14. The van der Waals surface area contributed by atoms with Gasteiger partial charge in [0.25, 0.3) is 5.24 Å². The molecule has 0 aromatic carbocycles. The molecule has 0 aliphatic rings. The van der Waals surface area contributed by atoms with Crippen molar-refractivity contribution in [1.29, 1.82) is 5.26 Å². The Morgan fingerprint density at radius 1 is 1.67 bits per heavy atom. The van der Waals surface area contributed by atoms with Gasteiger partial charge in [0.2, 0.25) is 0 Å². The van der Waals surface area contributed by atoms with Crippen LogP contribution in [0.1, 0.15) is 16.2 Å². The number of nitriles is 1. The van der Waals surface area contributed by atoms with Gasteiger partial charge in [-0.3, -0.25) is 4.79 Å². The summed E-state index contributed by atoms with van der Waals surface area (Å²) in [5.74, 6) is 0. The van der Waals surface area contributed by atoms with Crippen LogP contribution in [0.15, 0.2) is 16.6 Å². The maximum Gasteiger partial charge on any atom is 0.270 e. The predicted molar refractivity (Wildman–Crippen MR) is 46.8 cm³/mol. The molecule has 1 heterocycles. The molecule has 0 amide bonds. The quantitative estimate of drug-likeness (QED) is 0.712. The molecular weight excluding hydrogens is 243 g/mol. The van der Waals surface area contributed by atoms with Crippen molar-refractivity contribution in [3.05, 3.63) is 28.0 Å². The topological polar surface area (TPSA) is 53.8 Å². The van der Waals surface area contributed by atoms with E-state index in [4.69, 9.17) is 16.9 Å². The van der Waals surface area contributed by atoms with Crippen LogP contribution in [0.2, 0.25) is 0 Å². The van der Waals surface area contributed by atoms with Gasteiger partial charge in [-0.2, -0.15) is 5.26 Å². The first-order valence-electron chi connectivity index (χ1n) is 2.91. The Morgan fingerprint density at radius 2 is 2.33 bits per heavy atom. The summed E-state index contributed by atoms with van der Waals surface area (Å²) in [4.78, 5) is 14.3. The molecule has 0 spiro atoms. The molecule has 3 nitrogen and oxygen atoms in total. The molecule has 0 fully saturated rings. The molecule has 1 aromatic rings. The highest BCUT2D eigenvalue weighted by Gasteiger charge is 2.06. The fourth-order valence-electron chi connectivity index (χ4n) is 0.630. The van der Waals surface area contributed by atoms with Crippen molar-refractivity contribution in [2.24, 2.45) is 0 Å². The van der Waals surface area contributed by atoms with Gasteiger partial charge < -0.3 is 0 Å². The molecule has 0 aliphatic heterocycles. The number of hydrogen-bond donors (Lipinski definition) is 0. The molecule has 0 aliphatic carbocycles. The average molecular weight is 245 g/mol. The van der Waals surface area contributed by atoms with Gasteiger partial charge in [-0.25, -0.2) is 4.98 Å². The number of rotatable bonds is 1. The number of carbonyl (C=O) groups excluding carboxylic acids is 1. The molecule has 0 radical (unpaired) electrons. The van der Waals surface area contributed by atoms with Crippen LogP contribution < -0.4 is 0 Å². The fourth-order valence-corrected chi connectivity index (χ4v) is 1.04. The average Bonchev–Trinajstić information content (AvgIpc) is 2.05. The van der Waals surface area contributed by atoms with Crippen molar-refractivity contribution >= 4 is 32.8 Å². The monoisotopic (exact) mass is 244 g/mol. The van der Waals surface area contributed by atoms with Gasteiger partial charge in [-0.15, -0.1) is 0 Å². The predicted octanol–water partition coefficient (Wildman–Crippen LogP) is 2.09. The molecule has 5 heteroatoms. The lowest BCUT2D eigenvalue weighted by Gasteiger charge is -1.95. The van der Waals surface area contributed by atoms with E-state index < -0.39 is 5.24 Å². The second-order valence-electron chi connectivity index (χ2n) is 1.91. The minimum Gasteiger partial charge on any atom is -0.274 e. The molecule has 0 bridgehead atoms. The smallest absolute Gasteiger partial charge is 0.270 e. The van der Waals surface area contributed by atoms with Crippen molar-refractivity contribution in [1.82, 2.24) is 4.98 Å². The third-order valence-electron chi connectivity index (χ3n) is 1.15. The summed E-state index contributed by atoms with van der Waals surface area (Å²) in [6.07, 6.45) is 0. The minimum absolute atomic E-state index is 0.0800. The molecule has 0 unspecified atom stereocenters. The Kier molecular flexibility index (Phi) is 2.79. The maximum absolute atomic E-state index is 10.6. The van der Waals surface area contributed by atoms with Crippen molar-refractivity contribution in [2.75, 3.05) is 0 Å². The molecule has 0 saturated carbocycles. The van der Waals surface area contributed by atoms with Crippen LogP contribution in [-0.4, -0.2) is 10.2 Å². The largest absolute Gasteiger partial charge is 0.274 e. The van der Waals surface area contributed by atoms with E-state index in [-0.39, 0.29) is 11.4 Å². The third kappa shape index (κ3) is 1.81. The van der Waals surface area contributed by atoms with Gasteiger partial charge in [0.15, 0.2) is 5.69 Å². The molecule has 1 rings (SSSR count). The molecular formula is C7H2BrClN2O. The van der Waals surface area contributed by atoms with Crippen LogP contribution in [0.5, 0.6) is 0 Å². The van der Waals surface area contributed by atoms with Gasteiger partial charge in [0.05, 0.1) is 4.47 Å². The second-order valence-corrected chi connectivity index (χ2v) is 3.11. The Morgan fingerprint density at radius 3 is 2.83 bits per heavy atom. The van der Waals surface area contributed by atoms with Gasteiger partial charge in [0.1, 0.15) is 11.8 Å². The molecule has 0 N–H and O–H groups in total. The zero-order chi connectivity index (χ0) is 9.14. The minimum atomic E-state index is -0.668. The molecule has 1 aromatic heterocycles. The summed E-state index contributed by atoms with van der Waals surface area (Å²) >= 11 is 8.26. The van der Waals surface area contributed by atoms with Crippen molar-refractivity contribution in [3.63, 3.8) is 0 Å². The summed E-state index contributed by atoms with van der Waals surface area (Å²) in [5, 5.41) is 7.86. The van der Waals surface area contributed by atoms with E-state index in [9.17, 15) is 4.79 Å². The molecule has 60 valence electrons. The SMILES string of the molecule is N#Cc1nc(C(=O)Cl)ccc1Br. The summed E-state index contributed by atoms with van der Waals surface area (Å²) < 4.78 is 0.548. The van der Waals surface area contributed by atoms with Gasteiger partial charge >= 0.3 is 0 Å². The number of pyridine rings is 1. The van der Waals surface area contributed by atoms with Crippen LogP contribution in [0.4, 0.5) is 0 Å². The van der Waals surface area contributed by atoms with Crippen LogP contribution in [0.3, 0.4) is 0 Å². The Labute approximate surface area is 82.1 Å². The molecule has 0 atom stereocenters. The van der Waals surface area contributed by atoms with E-state index in [2.05, 4.69) is 20.9 Å². The lowest BCUT2D eigenvalue weighted by Crippen LogP contribution is -1.96. The van der Waals surface area contributed by atoms with Crippen molar-refractivity contribution < 1.29 is 4.79 Å². The van der Waals surface area contributed by atoms with Crippen LogP contribution in [0.25, 0.3) is 0 Å². The van der Waals surface area contributed by atoms with E-state index >= 15 is 0 Å². The summed E-state index contributed by atoms with van der Waals surface area (Å²) in [6.45, 7) is 0. The number of nitrogens with zero attached hydrogens (tertiary/aromatic N) is 2. The standard InChI is InChI=1S/C7H2BrClN2O/c8-4-1-2-5(7(9)12)11-6(4)3-10/h1-2H. The number of hydrogen-bond acceptors (Lipinski definition) is 3. The van der Waals surface area contributed by atoms with Crippen molar-refractivity contribution in [2.45, 2.75) is 0 Å². The lowest BCUT2D eigenvalue weighted by atomic mass is 10.3. The van der Waals surface area contributed by atoms with Crippen molar-refractivity contribution in [3.8, 4) is 6.07 Å². The number of carbonyl (C=O) groups is 1. The lowest BCUT2D eigenvalue weighted by molar-refractivity contribution is 0.107. The Balaban J connectivity index is 3.25. The highest BCUT2D eigenvalue weighted by atomic mass is 79.9. The first kappa shape index (κ1) is 9.17. The summed E-state index contributed by atoms with van der Waals surface area (Å²) in [5.41, 5.74) is 0.234. The van der Waals surface area contributed by atoms with Gasteiger partial charge in [0, 0.05) is 0 Å². The Hall–Kier alpha value is -0.920. The Bertz CT molecular complexity index is 372. The van der Waals surface area contributed by atoms with Crippen LogP contribution in [0, 0.1) is 11.3 Å². The van der Waals surface area contributed by atoms with E-state index in [0.717, 1.165) is 0 Å². The number of halogens is 2. The van der Waals surface area contributed by atoms with Gasteiger partial charge in [-0.1, -0.05) is 0 Å². The maximum atomic E-state index is 10.6. The highest BCUT2D eigenvalue weighted by molar-refractivity contribution is 9.10. The van der Waals surface area contributed by atoms with E-state index in [1.54, 1.807) is 6.07 Å². The van der Waals surface area contributed by atoms with Crippen LogP contribution in [-0.2, 0) is 0 Å². The second kappa shape index (κ2) is 3.65. The van der Waals surface area contributed by atoms with Gasteiger partial charge in [-0.05, 0) is 39.7 Å². The van der Waals surface area contributed by atoms with Crippen LogP contribution >= 0.6 is 27.5 Å². The fraction of sp³-hybridized carbons (Fsp3) is 0. The summed E-state index contributed by atoms with van der Waals surface area (Å²) in [7, 11) is 0. The first-order valence-corrected chi connectivity index (χ1v) is 4.08. The zero-order valence-corrected chi connectivity index (χ0v) is 8.06. The molecule has 12 heavy (non-hydrogen) atoms. The first-order chi connectivity index (χ1) is 5.65. The van der Waals surface area contributed by atoms with E-state index in [0.29, 0.717) is 4.47 Å². The normalized spacial score (nSPS) is 9.08. The third-order valence-corrected chi connectivity index (χ3v) is 1.99. The number of aromatic nitrogens is 1. The zero-order valence-electron chi connectivity index (χ0n) is 5.71.